The molecule has 1 aromatic carbocycles. The van der Waals surface area contributed by atoms with Gasteiger partial charge in [0.15, 0.2) is 11.5 Å². The van der Waals surface area contributed by atoms with Crippen LogP contribution in [0.1, 0.15) is 16.1 Å². The second-order valence-corrected chi connectivity index (χ2v) is 4.47. The maximum absolute atomic E-state index is 9.47. The molecule has 0 aliphatic carbocycles. The van der Waals surface area contributed by atoms with Gasteiger partial charge in [-0.25, -0.2) is 0 Å². The first kappa shape index (κ1) is 11.7. The van der Waals surface area contributed by atoms with Crippen LogP contribution in [0.5, 0.6) is 11.5 Å². The number of aryl methyl sites for hydroxylation is 1. The number of phenols is 1. The molecule has 1 aromatic heterocycles. The van der Waals surface area contributed by atoms with E-state index in [1.165, 1.54) is 18.6 Å². The Morgan fingerprint density at radius 1 is 1.29 bits per heavy atom. The first-order valence-corrected chi connectivity index (χ1v) is 5.95. The largest absolute Gasteiger partial charge is 0.504 e. The lowest BCUT2D eigenvalue weighted by Crippen LogP contribution is -1.83. The van der Waals surface area contributed by atoms with E-state index in [2.05, 4.69) is 4.37 Å². The molecule has 17 heavy (non-hydrogen) atoms. The fourth-order valence-electron chi connectivity index (χ4n) is 1.44. The van der Waals surface area contributed by atoms with Gasteiger partial charge in [-0.3, -0.25) is 0 Å². The van der Waals surface area contributed by atoms with E-state index in [1.54, 1.807) is 12.1 Å². The highest BCUT2D eigenvalue weighted by Crippen LogP contribution is 2.27. The maximum atomic E-state index is 9.47. The lowest BCUT2D eigenvalue weighted by Gasteiger charge is -2.03. The smallest absolute Gasteiger partial charge is 0.161 e. The summed E-state index contributed by atoms with van der Waals surface area (Å²) < 4.78 is 9.25. The fourth-order valence-corrected chi connectivity index (χ4v) is 2.09. The Hall–Kier alpha value is -1.81. The molecule has 0 saturated carbocycles. The van der Waals surface area contributed by atoms with Crippen LogP contribution in [0.2, 0.25) is 0 Å². The molecule has 0 saturated heterocycles. The van der Waals surface area contributed by atoms with Gasteiger partial charge in [-0.15, -0.1) is 0 Å². The zero-order chi connectivity index (χ0) is 12.3. The predicted molar refractivity (Wildman–Crippen MR) is 70.4 cm³/mol. The number of nitrogens with zero attached hydrogens (tertiary/aromatic N) is 1. The van der Waals surface area contributed by atoms with E-state index in [4.69, 9.17) is 4.74 Å². The Morgan fingerprint density at radius 3 is 2.76 bits per heavy atom. The van der Waals surface area contributed by atoms with Gasteiger partial charge in [0, 0.05) is 4.88 Å². The topological polar surface area (TPSA) is 42.4 Å². The zero-order valence-corrected chi connectivity index (χ0v) is 10.5. The summed E-state index contributed by atoms with van der Waals surface area (Å²) in [5.74, 6) is 0.630. The van der Waals surface area contributed by atoms with Crippen molar-refractivity contribution in [2.24, 2.45) is 0 Å². The van der Waals surface area contributed by atoms with E-state index in [9.17, 15) is 5.11 Å². The van der Waals surface area contributed by atoms with Crippen LogP contribution in [0, 0.1) is 6.92 Å². The number of aromatic nitrogens is 1. The van der Waals surface area contributed by atoms with Crippen molar-refractivity contribution in [3.05, 3.63) is 40.4 Å². The zero-order valence-electron chi connectivity index (χ0n) is 9.68. The Kier molecular flexibility index (Phi) is 3.44. The monoisotopic (exact) mass is 247 g/mol. The molecule has 0 fully saturated rings. The maximum Gasteiger partial charge on any atom is 0.161 e. The molecule has 0 amide bonds. The van der Waals surface area contributed by atoms with Crippen molar-refractivity contribution in [3.63, 3.8) is 0 Å². The number of benzene rings is 1. The van der Waals surface area contributed by atoms with Crippen LogP contribution >= 0.6 is 11.5 Å². The average molecular weight is 247 g/mol. The predicted octanol–water partition coefficient (Wildman–Crippen LogP) is 3.34. The van der Waals surface area contributed by atoms with Crippen LogP contribution in [0.4, 0.5) is 0 Å². The highest BCUT2D eigenvalue weighted by atomic mass is 32.1. The van der Waals surface area contributed by atoms with Crippen LogP contribution in [0.15, 0.2) is 24.3 Å². The molecule has 0 bridgehead atoms. The molecule has 0 radical (unpaired) electrons. The summed E-state index contributed by atoms with van der Waals surface area (Å²) in [4.78, 5) is 1.11. The summed E-state index contributed by atoms with van der Waals surface area (Å²) in [5.41, 5.74) is 2.00. The van der Waals surface area contributed by atoms with Gasteiger partial charge in [-0.05, 0) is 48.3 Å². The molecule has 1 N–H and O–H groups in total. The molecule has 0 spiro atoms. The second-order valence-electron chi connectivity index (χ2n) is 3.64. The van der Waals surface area contributed by atoms with Crippen molar-refractivity contribution in [1.29, 1.82) is 0 Å². The van der Waals surface area contributed by atoms with E-state index in [-0.39, 0.29) is 5.75 Å². The van der Waals surface area contributed by atoms with Gasteiger partial charge in [-0.2, -0.15) is 4.37 Å². The Balaban J connectivity index is 2.21. The van der Waals surface area contributed by atoms with E-state index < -0.39 is 0 Å². The minimum absolute atomic E-state index is 0.151. The Labute approximate surface area is 104 Å². The van der Waals surface area contributed by atoms with Crippen LogP contribution in [0.3, 0.4) is 0 Å². The summed E-state index contributed by atoms with van der Waals surface area (Å²) in [5, 5.41) is 9.47. The lowest BCUT2D eigenvalue weighted by molar-refractivity contribution is 0.373. The molecule has 3 nitrogen and oxygen atoms in total. The molecular formula is C13H13NO2S. The summed E-state index contributed by atoms with van der Waals surface area (Å²) in [6.07, 6.45) is 3.96. The highest BCUT2D eigenvalue weighted by molar-refractivity contribution is 7.06. The SMILES string of the molecule is COc1cc(/C=C/c2cc(C)ns2)ccc1O. The van der Waals surface area contributed by atoms with Crippen LogP contribution in [-0.4, -0.2) is 16.6 Å². The molecular weight excluding hydrogens is 234 g/mol. The van der Waals surface area contributed by atoms with Crippen molar-refractivity contribution in [1.82, 2.24) is 4.37 Å². The van der Waals surface area contributed by atoms with Gasteiger partial charge in [0.1, 0.15) is 0 Å². The van der Waals surface area contributed by atoms with Crippen molar-refractivity contribution < 1.29 is 9.84 Å². The Morgan fingerprint density at radius 2 is 2.12 bits per heavy atom. The second kappa shape index (κ2) is 5.01. The Bertz CT molecular complexity index is 546. The van der Waals surface area contributed by atoms with Crippen LogP contribution in [-0.2, 0) is 0 Å². The summed E-state index contributed by atoms with van der Waals surface area (Å²) in [6.45, 7) is 1.97. The molecule has 1 heterocycles. The third kappa shape index (κ3) is 2.85. The van der Waals surface area contributed by atoms with Gasteiger partial charge >= 0.3 is 0 Å². The molecule has 2 rings (SSSR count). The third-order valence-corrected chi connectivity index (χ3v) is 3.13. The van der Waals surface area contributed by atoms with Gasteiger partial charge in [-0.1, -0.05) is 12.1 Å². The standard InChI is InChI=1S/C13H13NO2S/c1-9-7-11(17-14-9)5-3-10-4-6-12(15)13(8-10)16-2/h3-8,15H,1-2H3/b5-3+. The lowest BCUT2D eigenvalue weighted by atomic mass is 10.2. The molecule has 0 unspecified atom stereocenters. The molecule has 4 heteroatoms. The van der Waals surface area contributed by atoms with Crippen molar-refractivity contribution >= 4 is 23.7 Å². The van der Waals surface area contributed by atoms with E-state index in [1.807, 2.05) is 31.2 Å². The van der Waals surface area contributed by atoms with Crippen molar-refractivity contribution in [2.75, 3.05) is 7.11 Å². The van der Waals surface area contributed by atoms with Gasteiger partial charge in [0.2, 0.25) is 0 Å². The van der Waals surface area contributed by atoms with Gasteiger partial charge in [0.25, 0.3) is 0 Å². The summed E-state index contributed by atoms with van der Waals surface area (Å²) in [6, 6.07) is 7.28. The third-order valence-electron chi connectivity index (χ3n) is 2.29. The summed E-state index contributed by atoms with van der Waals surface area (Å²) in [7, 11) is 1.54. The number of phenolic OH excluding ortho intramolecular Hbond substituents is 1. The average Bonchev–Trinajstić information content (AvgIpc) is 2.74. The number of hydrogen-bond acceptors (Lipinski definition) is 4. The fraction of sp³-hybridized carbons (Fsp3) is 0.154. The minimum Gasteiger partial charge on any atom is -0.504 e. The van der Waals surface area contributed by atoms with E-state index >= 15 is 0 Å². The van der Waals surface area contributed by atoms with Crippen molar-refractivity contribution in [3.8, 4) is 11.5 Å². The first-order valence-electron chi connectivity index (χ1n) is 5.17. The van der Waals surface area contributed by atoms with Crippen LogP contribution in [0.25, 0.3) is 12.2 Å². The number of hydrogen-bond donors (Lipinski definition) is 1. The quantitative estimate of drug-likeness (QED) is 0.904. The number of aromatic hydroxyl groups is 1. The first-order chi connectivity index (χ1) is 8.19. The molecule has 0 atom stereocenters. The highest BCUT2D eigenvalue weighted by Gasteiger charge is 2.00. The number of ether oxygens (including phenoxy) is 1. The summed E-state index contributed by atoms with van der Waals surface area (Å²) >= 11 is 1.46. The van der Waals surface area contributed by atoms with Gasteiger partial charge < -0.3 is 9.84 Å². The van der Waals surface area contributed by atoms with Crippen LogP contribution < -0.4 is 4.74 Å². The van der Waals surface area contributed by atoms with Gasteiger partial charge in [0.05, 0.1) is 12.8 Å². The van der Waals surface area contributed by atoms with Crippen molar-refractivity contribution in [2.45, 2.75) is 6.92 Å². The normalized spacial score (nSPS) is 10.9. The molecule has 0 aliphatic rings. The number of methoxy groups -OCH3 is 1. The molecule has 2 aromatic rings. The molecule has 88 valence electrons. The number of rotatable bonds is 3. The van der Waals surface area contributed by atoms with E-state index in [0.717, 1.165) is 16.1 Å². The van der Waals surface area contributed by atoms with E-state index in [0.29, 0.717) is 5.75 Å². The minimum atomic E-state index is 0.151. The molecule has 0 aliphatic heterocycles.